The van der Waals surface area contributed by atoms with E-state index in [9.17, 15) is 19.5 Å². The molecule has 33 heavy (non-hydrogen) atoms. The largest absolute Gasteiger partial charge is 0.480 e. The number of H-pyrrole nitrogens is 1. The number of rotatable bonds is 9. The smallest absolute Gasteiger partial charge is 0.414 e. The molecule has 1 atom stereocenters. The molecule has 1 heterocycles. The van der Waals surface area contributed by atoms with E-state index < -0.39 is 18.1 Å². The van der Waals surface area contributed by atoms with Crippen LogP contribution in [-0.4, -0.2) is 64.8 Å². The number of benzene rings is 2. The minimum absolute atomic E-state index is 0.0720. The second-order valence-corrected chi connectivity index (χ2v) is 7.53. The Morgan fingerprint density at radius 3 is 2.52 bits per heavy atom. The molecular formula is C23H26N4O6. The molecule has 1 amide bonds. The van der Waals surface area contributed by atoms with Crippen LogP contribution in [0.1, 0.15) is 18.1 Å². The summed E-state index contributed by atoms with van der Waals surface area (Å²) in [6.07, 6.45) is -0.257. The molecule has 3 rings (SSSR count). The van der Waals surface area contributed by atoms with Crippen molar-refractivity contribution in [3.63, 3.8) is 0 Å². The molecule has 0 unspecified atom stereocenters. The van der Waals surface area contributed by atoms with E-state index in [1.54, 1.807) is 63.5 Å². The van der Waals surface area contributed by atoms with Gasteiger partial charge in [-0.2, -0.15) is 0 Å². The van der Waals surface area contributed by atoms with Gasteiger partial charge in [0, 0.05) is 20.5 Å². The Hall–Kier alpha value is -4.08. The van der Waals surface area contributed by atoms with Crippen molar-refractivity contribution in [1.29, 1.82) is 0 Å². The van der Waals surface area contributed by atoms with Crippen LogP contribution in [0.3, 0.4) is 0 Å². The van der Waals surface area contributed by atoms with E-state index in [1.165, 1.54) is 4.90 Å². The molecule has 0 radical (unpaired) electrons. The number of aliphatic carboxylic acids is 1. The lowest BCUT2D eigenvalue weighted by atomic mass is 10.1. The number of anilines is 1. The predicted octanol–water partition coefficient (Wildman–Crippen LogP) is 2.84. The summed E-state index contributed by atoms with van der Waals surface area (Å²) in [4.78, 5) is 44.2. The van der Waals surface area contributed by atoms with Crippen LogP contribution in [0.25, 0.3) is 11.0 Å². The maximum Gasteiger partial charge on any atom is 0.414 e. The van der Waals surface area contributed by atoms with E-state index in [4.69, 9.17) is 9.47 Å². The summed E-state index contributed by atoms with van der Waals surface area (Å²) < 4.78 is 10.2. The van der Waals surface area contributed by atoms with Crippen LogP contribution in [0.5, 0.6) is 5.75 Å². The molecule has 3 aromatic rings. The van der Waals surface area contributed by atoms with Crippen LogP contribution < -0.4 is 10.1 Å². The minimum atomic E-state index is -1.05. The van der Waals surface area contributed by atoms with Gasteiger partial charge in [0.1, 0.15) is 11.8 Å². The highest BCUT2D eigenvalue weighted by atomic mass is 16.6. The first-order chi connectivity index (χ1) is 15.8. The summed E-state index contributed by atoms with van der Waals surface area (Å²) in [6.45, 7) is 2.03. The number of amides is 1. The first-order valence-corrected chi connectivity index (χ1v) is 10.4. The maximum absolute atomic E-state index is 11.9. The number of carboxylic acid groups (broad SMARTS) is 1. The molecule has 2 aromatic carbocycles. The molecule has 10 heteroatoms. The van der Waals surface area contributed by atoms with Gasteiger partial charge in [-0.3, -0.25) is 4.79 Å². The number of aromatic nitrogens is 2. The van der Waals surface area contributed by atoms with Gasteiger partial charge in [-0.25, -0.2) is 14.6 Å². The second kappa shape index (κ2) is 10.5. The number of hydrogen-bond donors (Lipinski definition) is 3. The van der Waals surface area contributed by atoms with E-state index in [0.717, 1.165) is 5.56 Å². The lowest BCUT2D eigenvalue weighted by Crippen LogP contribution is -2.32. The molecule has 0 aliphatic rings. The average Bonchev–Trinajstić information content (AvgIpc) is 3.18. The molecule has 0 saturated carbocycles. The number of hydrogen-bond acceptors (Lipinski definition) is 7. The van der Waals surface area contributed by atoms with Crippen LogP contribution >= 0.6 is 0 Å². The number of esters is 1. The highest BCUT2D eigenvalue weighted by Crippen LogP contribution is 2.21. The number of imidazole rings is 1. The topological polar surface area (TPSA) is 134 Å². The van der Waals surface area contributed by atoms with Crippen molar-refractivity contribution in [3.8, 4) is 5.75 Å². The number of carboxylic acids is 1. The van der Waals surface area contributed by atoms with Gasteiger partial charge < -0.3 is 29.8 Å². The molecule has 174 valence electrons. The van der Waals surface area contributed by atoms with Crippen molar-refractivity contribution in [2.75, 3.05) is 26.0 Å². The summed E-state index contributed by atoms with van der Waals surface area (Å²) in [5.74, 6) is -0.759. The van der Waals surface area contributed by atoms with Gasteiger partial charge >= 0.3 is 18.0 Å². The number of aromatic amines is 1. The van der Waals surface area contributed by atoms with Crippen molar-refractivity contribution in [2.24, 2.45) is 0 Å². The Morgan fingerprint density at radius 2 is 1.88 bits per heavy atom. The van der Waals surface area contributed by atoms with Crippen molar-refractivity contribution in [2.45, 2.75) is 25.8 Å². The van der Waals surface area contributed by atoms with Gasteiger partial charge in [0.25, 0.3) is 0 Å². The Morgan fingerprint density at radius 1 is 1.15 bits per heavy atom. The predicted molar refractivity (Wildman–Crippen MR) is 121 cm³/mol. The molecule has 0 aliphatic carbocycles. The van der Waals surface area contributed by atoms with Crippen LogP contribution in [-0.2, 0) is 27.2 Å². The van der Waals surface area contributed by atoms with Gasteiger partial charge in [-0.1, -0.05) is 24.3 Å². The van der Waals surface area contributed by atoms with Gasteiger partial charge in [-0.15, -0.1) is 0 Å². The fourth-order valence-electron chi connectivity index (χ4n) is 3.16. The Bertz CT molecular complexity index is 1140. The average molecular weight is 454 g/mol. The third-order valence-electron chi connectivity index (χ3n) is 4.78. The van der Waals surface area contributed by atoms with Crippen molar-refractivity contribution in [1.82, 2.24) is 14.9 Å². The van der Waals surface area contributed by atoms with E-state index >= 15 is 0 Å². The standard InChI is InChI=1S/C23H26N4O6/c1-4-32-19(28)13-15-6-5-7-17-20(15)26-22(24-17)25-18(21(29)30)12-14-8-10-16(11-9-14)33-23(31)27(2)3/h5-11,18H,4,12-13H2,1-3H3,(H,29,30)(H2,24,25,26)/t18-/m0/s1. The molecule has 1 aromatic heterocycles. The summed E-state index contributed by atoms with van der Waals surface area (Å²) in [6, 6.07) is 11.0. The first-order valence-electron chi connectivity index (χ1n) is 10.4. The monoisotopic (exact) mass is 454 g/mol. The van der Waals surface area contributed by atoms with E-state index in [2.05, 4.69) is 15.3 Å². The molecule has 0 saturated heterocycles. The van der Waals surface area contributed by atoms with E-state index in [1.807, 2.05) is 0 Å². The van der Waals surface area contributed by atoms with E-state index in [0.29, 0.717) is 29.0 Å². The highest BCUT2D eigenvalue weighted by Gasteiger charge is 2.20. The number of ether oxygens (including phenoxy) is 2. The number of carbonyl (C=O) groups is 3. The van der Waals surface area contributed by atoms with E-state index in [-0.39, 0.29) is 24.8 Å². The fraction of sp³-hybridized carbons (Fsp3) is 0.304. The van der Waals surface area contributed by atoms with Gasteiger partial charge in [0.05, 0.1) is 24.1 Å². The Kier molecular flexibility index (Phi) is 7.50. The molecule has 0 bridgehead atoms. The van der Waals surface area contributed by atoms with Gasteiger partial charge in [0.15, 0.2) is 0 Å². The van der Waals surface area contributed by atoms with Crippen LogP contribution in [0.2, 0.25) is 0 Å². The minimum Gasteiger partial charge on any atom is -0.480 e. The number of nitrogens with zero attached hydrogens (tertiary/aromatic N) is 2. The fourth-order valence-corrected chi connectivity index (χ4v) is 3.16. The van der Waals surface area contributed by atoms with Gasteiger partial charge in [-0.05, 0) is 36.2 Å². The number of para-hydroxylation sites is 1. The zero-order valence-corrected chi connectivity index (χ0v) is 18.6. The third kappa shape index (κ3) is 6.22. The zero-order valence-electron chi connectivity index (χ0n) is 18.6. The molecule has 10 nitrogen and oxygen atoms in total. The number of fused-ring (bicyclic) bond motifs is 1. The highest BCUT2D eigenvalue weighted by molar-refractivity contribution is 5.86. The molecule has 3 N–H and O–H groups in total. The molecule has 0 spiro atoms. The quantitative estimate of drug-likeness (QED) is 0.420. The maximum atomic E-state index is 11.9. The summed E-state index contributed by atoms with van der Waals surface area (Å²) >= 11 is 0. The number of carbonyl (C=O) groups excluding carboxylic acids is 2. The number of nitrogens with one attached hydrogen (secondary N) is 2. The van der Waals surface area contributed by atoms with Gasteiger partial charge in [0.2, 0.25) is 5.95 Å². The van der Waals surface area contributed by atoms with Crippen LogP contribution in [0, 0.1) is 0 Å². The summed E-state index contributed by atoms with van der Waals surface area (Å²) in [5.41, 5.74) is 2.67. The third-order valence-corrected chi connectivity index (χ3v) is 4.78. The molecular weight excluding hydrogens is 428 g/mol. The normalized spacial score (nSPS) is 11.6. The van der Waals surface area contributed by atoms with Crippen molar-refractivity contribution < 1.29 is 29.0 Å². The van der Waals surface area contributed by atoms with Crippen molar-refractivity contribution in [3.05, 3.63) is 53.6 Å². The van der Waals surface area contributed by atoms with Crippen molar-refractivity contribution >= 4 is 35.0 Å². The second-order valence-electron chi connectivity index (χ2n) is 7.53. The summed E-state index contributed by atoms with van der Waals surface area (Å²) in [5, 5.41) is 12.6. The first kappa shape index (κ1) is 23.6. The summed E-state index contributed by atoms with van der Waals surface area (Å²) in [7, 11) is 3.16. The lowest BCUT2D eigenvalue weighted by Gasteiger charge is -2.14. The molecule has 0 fully saturated rings. The van der Waals surface area contributed by atoms with Crippen LogP contribution in [0.4, 0.5) is 10.7 Å². The SMILES string of the molecule is CCOC(=O)Cc1cccc2[nH]c(N[C@@H](Cc3ccc(OC(=O)N(C)C)cc3)C(=O)O)nc12. The zero-order chi connectivity index (χ0) is 24.0. The lowest BCUT2D eigenvalue weighted by molar-refractivity contribution is -0.142. The molecule has 0 aliphatic heterocycles. The Labute approximate surface area is 190 Å². The van der Waals surface area contributed by atoms with Crippen LogP contribution in [0.15, 0.2) is 42.5 Å². The Balaban J connectivity index is 1.73.